The SMILES string of the molecule is c1ccc(N(c2ccccc2)c2cc3c4ccccc4c(-c4ccc5ccc6c7c(ccc4c57)cc4c5ccccc5n(-c5ccccc5)c46)cc3c3ccccc23)cc1. The molecule has 0 aliphatic rings. The van der Waals surface area contributed by atoms with Crippen molar-refractivity contribution in [1.82, 2.24) is 4.57 Å². The van der Waals surface area contributed by atoms with E-state index in [2.05, 4.69) is 228 Å². The van der Waals surface area contributed by atoms with Crippen LogP contribution in [-0.2, 0) is 0 Å². The minimum atomic E-state index is 1.13. The van der Waals surface area contributed by atoms with Crippen molar-refractivity contribution in [2.24, 2.45) is 0 Å². The van der Waals surface area contributed by atoms with Crippen molar-refractivity contribution in [3.05, 3.63) is 218 Å². The van der Waals surface area contributed by atoms with Crippen molar-refractivity contribution in [2.45, 2.75) is 0 Å². The zero-order valence-electron chi connectivity index (χ0n) is 32.7. The van der Waals surface area contributed by atoms with Gasteiger partial charge < -0.3 is 9.47 Å². The molecule has 12 aromatic carbocycles. The van der Waals surface area contributed by atoms with Gasteiger partial charge in [-0.25, -0.2) is 0 Å². The van der Waals surface area contributed by atoms with Crippen LogP contribution in [0.4, 0.5) is 17.1 Å². The number of hydrogen-bond donors (Lipinski definition) is 0. The number of anilines is 3. The maximum Gasteiger partial charge on any atom is 0.0620 e. The molecular weight excluding hydrogens is 725 g/mol. The molecule has 13 aromatic rings. The Kier molecular flexibility index (Phi) is 7.05. The van der Waals surface area contributed by atoms with E-state index in [9.17, 15) is 0 Å². The molecule has 0 N–H and O–H groups in total. The van der Waals surface area contributed by atoms with E-state index in [0.29, 0.717) is 0 Å². The number of benzene rings is 12. The molecule has 0 atom stereocenters. The lowest BCUT2D eigenvalue weighted by atomic mass is 9.85. The monoisotopic (exact) mass is 760 g/mol. The van der Waals surface area contributed by atoms with E-state index in [1.165, 1.54) is 103 Å². The summed E-state index contributed by atoms with van der Waals surface area (Å²) in [6, 6.07) is 80.5. The van der Waals surface area contributed by atoms with Gasteiger partial charge in [-0.3, -0.25) is 0 Å². The van der Waals surface area contributed by atoms with Gasteiger partial charge in [0.15, 0.2) is 0 Å². The van der Waals surface area contributed by atoms with Crippen LogP contribution >= 0.6 is 0 Å². The van der Waals surface area contributed by atoms with E-state index in [1.54, 1.807) is 0 Å². The topological polar surface area (TPSA) is 8.17 Å². The summed E-state index contributed by atoms with van der Waals surface area (Å²) in [7, 11) is 0. The standard InChI is InChI=1S/C58H36N2/c1-4-16-39(17-5-1)59(40-18-6-2-7-19-40)55-36-52-43-23-11-10-22-42(43)50(35-51(52)44-24-12-13-25-46(44)55)45-31-28-37-29-33-49-57-38(30-32-48(45)56(37)57)34-53-47-26-14-15-27-54(47)60(58(49)53)41-20-8-3-9-21-41/h1-36H. The first-order valence-corrected chi connectivity index (χ1v) is 20.8. The van der Waals surface area contributed by atoms with E-state index in [0.717, 1.165) is 17.1 Å². The van der Waals surface area contributed by atoms with Crippen LogP contribution in [-0.4, -0.2) is 4.57 Å². The van der Waals surface area contributed by atoms with E-state index >= 15 is 0 Å². The maximum atomic E-state index is 2.47. The highest BCUT2D eigenvalue weighted by molar-refractivity contribution is 6.34. The average molecular weight is 761 g/mol. The zero-order valence-corrected chi connectivity index (χ0v) is 32.7. The molecule has 0 aliphatic heterocycles. The normalized spacial score (nSPS) is 12.0. The molecule has 0 amide bonds. The summed E-state index contributed by atoms with van der Waals surface area (Å²) < 4.78 is 2.46. The molecule has 0 aliphatic carbocycles. The first-order valence-electron chi connectivity index (χ1n) is 20.8. The van der Waals surface area contributed by atoms with Gasteiger partial charge in [0.25, 0.3) is 0 Å². The second-order valence-corrected chi connectivity index (χ2v) is 16.0. The van der Waals surface area contributed by atoms with Crippen LogP contribution in [0.2, 0.25) is 0 Å². The molecule has 0 unspecified atom stereocenters. The minimum Gasteiger partial charge on any atom is -0.310 e. The van der Waals surface area contributed by atoms with Crippen molar-refractivity contribution in [3.63, 3.8) is 0 Å². The van der Waals surface area contributed by atoms with Crippen LogP contribution in [0.1, 0.15) is 0 Å². The molecule has 2 nitrogen and oxygen atoms in total. The number of nitrogens with zero attached hydrogens (tertiary/aromatic N) is 2. The Morgan fingerprint density at radius 1 is 0.300 bits per heavy atom. The van der Waals surface area contributed by atoms with Gasteiger partial charge in [-0.05, 0) is 126 Å². The van der Waals surface area contributed by atoms with Gasteiger partial charge in [0.2, 0.25) is 0 Å². The van der Waals surface area contributed by atoms with Gasteiger partial charge in [0.05, 0.1) is 16.7 Å². The van der Waals surface area contributed by atoms with E-state index in [4.69, 9.17) is 0 Å². The maximum absolute atomic E-state index is 2.47. The molecule has 0 saturated carbocycles. The van der Waals surface area contributed by atoms with Crippen LogP contribution in [0.25, 0.3) is 103 Å². The average Bonchev–Trinajstić information content (AvgIpc) is 3.66. The summed E-state index contributed by atoms with van der Waals surface area (Å²) in [5.41, 5.74) is 9.58. The fraction of sp³-hybridized carbons (Fsp3) is 0. The number of aromatic nitrogens is 1. The first-order chi connectivity index (χ1) is 29.8. The third-order valence-electron chi connectivity index (χ3n) is 12.8. The number of rotatable bonds is 5. The Labute approximate surface area is 346 Å². The molecule has 0 spiro atoms. The van der Waals surface area contributed by atoms with Gasteiger partial charge in [0, 0.05) is 38.6 Å². The molecule has 0 radical (unpaired) electrons. The summed E-state index contributed by atoms with van der Waals surface area (Å²) >= 11 is 0. The van der Waals surface area contributed by atoms with Crippen LogP contribution in [0, 0.1) is 0 Å². The lowest BCUT2D eigenvalue weighted by Gasteiger charge is -2.28. The van der Waals surface area contributed by atoms with Crippen molar-refractivity contribution in [1.29, 1.82) is 0 Å². The number of fused-ring (bicyclic) bond motifs is 9. The lowest BCUT2D eigenvalue weighted by Crippen LogP contribution is -2.10. The molecule has 60 heavy (non-hydrogen) atoms. The quantitative estimate of drug-likeness (QED) is 0.159. The van der Waals surface area contributed by atoms with Crippen LogP contribution in [0.15, 0.2) is 218 Å². The molecule has 278 valence electrons. The van der Waals surface area contributed by atoms with Crippen LogP contribution in [0.5, 0.6) is 0 Å². The fourth-order valence-corrected chi connectivity index (χ4v) is 10.3. The van der Waals surface area contributed by atoms with Crippen LogP contribution in [0.3, 0.4) is 0 Å². The Hall–Kier alpha value is -7.94. The Bertz CT molecular complexity index is 3770. The van der Waals surface area contributed by atoms with Gasteiger partial charge in [-0.15, -0.1) is 0 Å². The largest absolute Gasteiger partial charge is 0.310 e. The van der Waals surface area contributed by atoms with E-state index in [-0.39, 0.29) is 0 Å². The van der Waals surface area contributed by atoms with Gasteiger partial charge >= 0.3 is 0 Å². The molecule has 0 saturated heterocycles. The molecular formula is C58H36N2. The molecule has 2 heteroatoms. The van der Waals surface area contributed by atoms with Gasteiger partial charge in [0.1, 0.15) is 0 Å². The third kappa shape index (κ3) is 4.70. The second kappa shape index (κ2) is 12.8. The number of hydrogen-bond acceptors (Lipinski definition) is 1. The first kappa shape index (κ1) is 33.1. The van der Waals surface area contributed by atoms with Gasteiger partial charge in [-0.2, -0.15) is 0 Å². The van der Waals surface area contributed by atoms with Crippen molar-refractivity contribution in [3.8, 4) is 16.8 Å². The predicted octanol–water partition coefficient (Wildman–Crippen LogP) is 16.3. The zero-order chi connectivity index (χ0) is 39.3. The second-order valence-electron chi connectivity index (χ2n) is 16.0. The summed E-state index contributed by atoms with van der Waals surface area (Å²) in [5, 5.41) is 17.7. The smallest absolute Gasteiger partial charge is 0.0620 e. The summed E-state index contributed by atoms with van der Waals surface area (Å²) in [4.78, 5) is 2.40. The number of para-hydroxylation sites is 4. The molecule has 13 rings (SSSR count). The minimum absolute atomic E-state index is 1.13. The summed E-state index contributed by atoms with van der Waals surface area (Å²) in [6.45, 7) is 0. The Morgan fingerprint density at radius 2 is 0.833 bits per heavy atom. The summed E-state index contributed by atoms with van der Waals surface area (Å²) in [5.74, 6) is 0. The lowest BCUT2D eigenvalue weighted by molar-refractivity contribution is 1.19. The Balaban J connectivity index is 1.11. The van der Waals surface area contributed by atoms with Crippen molar-refractivity contribution < 1.29 is 0 Å². The van der Waals surface area contributed by atoms with E-state index in [1.807, 2.05) is 0 Å². The molecule has 1 heterocycles. The van der Waals surface area contributed by atoms with Crippen molar-refractivity contribution in [2.75, 3.05) is 4.90 Å². The molecule has 0 bridgehead atoms. The van der Waals surface area contributed by atoms with Crippen molar-refractivity contribution >= 4 is 104 Å². The molecule has 1 aromatic heterocycles. The van der Waals surface area contributed by atoms with Gasteiger partial charge in [-0.1, -0.05) is 158 Å². The highest BCUT2D eigenvalue weighted by Gasteiger charge is 2.22. The fourth-order valence-electron chi connectivity index (χ4n) is 10.3. The predicted molar refractivity (Wildman–Crippen MR) is 257 cm³/mol. The highest BCUT2D eigenvalue weighted by atomic mass is 15.1. The highest BCUT2D eigenvalue weighted by Crippen LogP contribution is 2.49. The van der Waals surface area contributed by atoms with E-state index < -0.39 is 0 Å². The van der Waals surface area contributed by atoms with Crippen LogP contribution < -0.4 is 4.90 Å². The third-order valence-corrected chi connectivity index (χ3v) is 12.8. The Morgan fingerprint density at radius 3 is 1.57 bits per heavy atom. The molecule has 0 fully saturated rings. The summed E-state index contributed by atoms with van der Waals surface area (Å²) in [6.07, 6.45) is 0.